The average Bonchev–Trinajstić information content (AvgIpc) is 2.73. The zero-order chi connectivity index (χ0) is 21.5. The summed E-state index contributed by atoms with van der Waals surface area (Å²) in [4.78, 5) is 11.2. The van der Waals surface area contributed by atoms with E-state index in [1.54, 1.807) is 6.07 Å². The quantitative estimate of drug-likeness (QED) is 0.364. The van der Waals surface area contributed by atoms with Crippen molar-refractivity contribution >= 4 is 39.2 Å². The third-order valence-corrected chi connectivity index (χ3v) is 5.21. The molecule has 0 fully saturated rings. The van der Waals surface area contributed by atoms with Gasteiger partial charge in [-0.15, -0.1) is 0 Å². The molecule has 7 heteroatoms. The summed E-state index contributed by atoms with van der Waals surface area (Å²) in [6.45, 7) is 3.27. The molecule has 0 bridgehead atoms. The Kier molecular flexibility index (Phi) is 7.60. The van der Waals surface area contributed by atoms with Crippen molar-refractivity contribution in [2.24, 2.45) is 0 Å². The molecule has 3 aromatic carbocycles. The normalized spacial score (nSPS) is 10.5. The molecule has 0 aliphatic heterocycles. The fourth-order valence-electron chi connectivity index (χ4n) is 2.85. The summed E-state index contributed by atoms with van der Waals surface area (Å²) < 4.78 is 12.6. The van der Waals surface area contributed by atoms with E-state index >= 15 is 0 Å². The number of carboxylic acid groups (broad SMARTS) is 1. The maximum Gasteiger partial charge on any atom is 0.335 e. The Labute approximate surface area is 188 Å². The monoisotopic (exact) mass is 489 g/mol. The lowest BCUT2D eigenvalue weighted by atomic mass is 10.1. The highest BCUT2D eigenvalue weighted by atomic mass is 79.9. The summed E-state index contributed by atoms with van der Waals surface area (Å²) in [5.74, 6) is 0.261. The molecule has 0 unspecified atom stereocenters. The standard InChI is InChI=1S/C23H21BrClNO4/c1-2-29-21-11-16(13-26-20-12-17(23(27)28)8-9-19(20)25)10-18(24)22(21)30-14-15-6-4-3-5-7-15/h3-12,26H,2,13-14H2,1H3,(H,27,28). The summed E-state index contributed by atoms with van der Waals surface area (Å²) in [6, 6.07) is 18.3. The number of carboxylic acids is 1. The Bertz CT molecular complexity index is 1030. The maximum atomic E-state index is 11.2. The van der Waals surface area contributed by atoms with Crippen LogP contribution in [0.3, 0.4) is 0 Å². The van der Waals surface area contributed by atoms with Gasteiger partial charge in [0.05, 0.1) is 27.4 Å². The Morgan fingerprint density at radius 1 is 1.07 bits per heavy atom. The number of ether oxygens (including phenoxy) is 2. The van der Waals surface area contributed by atoms with Crippen molar-refractivity contribution in [2.45, 2.75) is 20.1 Å². The lowest BCUT2D eigenvalue weighted by Crippen LogP contribution is -2.05. The minimum absolute atomic E-state index is 0.169. The number of halogens is 2. The van der Waals surface area contributed by atoms with Crippen LogP contribution in [0.1, 0.15) is 28.4 Å². The van der Waals surface area contributed by atoms with Crippen molar-refractivity contribution < 1.29 is 19.4 Å². The van der Waals surface area contributed by atoms with Gasteiger partial charge in [0.1, 0.15) is 6.61 Å². The van der Waals surface area contributed by atoms with Gasteiger partial charge in [-0.25, -0.2) is 4.79 Å². The summed E-state index contributed by atoms with van der Waals surface area (Å²) >= 11 is 9.77. The predicted octanol–water partition coefficient (Wildman–Crippen LogP) is 6.39. The minimum atomic E-state index is -1.00. The average molecular weight is 491 g/mol. The number of hydrogen-bond donors (Lipinski definition) is 2. The molecule has 0 spiro atoms. The number of aromatic carboxylic acids is 1. The molecule has 0 heterocycles. The second kappa shape index (κ2) is 10.4. The zero-order valence-corrected chi connectivity index (χ0v) is 18.7. The molecule has 0 aliphatic rings. The van der Waals surface area contributed by atoms with Crippen LogP contribution in [-0.2, 0) is 13.2 Å². The van der Waals surface area contributed by atoms with Gasteiger partial charge in [-0.3, -0.25) is 0 Å². The molecule has 30 heavy (non-hydrogen) atoms. The first-order chi connectivity index (χ1) is 14.5. The second-order valence-electron chi connectivity index (χ2n) is 6.47. The molecule has 0 aromatic heterocycles. The van der Waals surface area contributed by atoms with Crippen LogP contribution in [0.15, 0.2) is 65.1 Å². The maximum absolute atomic E-state index is 11.2. The van der Waals surface area contributed by atoms with Gasteiger partial charge in [0.25, 0.3) is 0 Å². The molecule has 3 aromatic rings. The SMILES string of the molecule is CCOc1cc(CNc2cc(C(=O)O)ccc2Cl)cc(Br)c1OCc1ccccc1. The van der Waals surface area contributed by atoms with Gasteiger partial charge in [0.15, 0.2) is 11.5 Å². The van der Waals surface area contributed by atoms with Gasteiger partial charge in [-0.1, -0.05) is 41.9 Å². The van der Waals surface area contributed by atoms with Crippen molar-refractivity contribution in [3.63, 3.8) is 0 Å². The van der Waals surface area contributed by atoms with E-state index in [0.717, 1.165) is 15.6 Å². The van der Waals surface area contributed by atoms with Gasteiger partial charge < -0.3 is 19.9 Å². The molecular weight excluding hydrogens is 470 g/mol. The fourth-order valence-corrected chi connectivity index (χ4v) is 3.64. The molecule has 5 nitrogen and oxygen atoms in total. The number of hydrogen-bond acceptors (Lipinski definition) is 4. The number of carbonyl (C=O) groups is 1. The lowest BCUT2D eigenvalue weighted by Gasteiger charge is -2.16. The molecule has 0 saturated heterocycles. The fraction of sp³-hybridized carbons (Fsp3) is 0.174. The molecule has 0 aliphatic carbocycles. The highest BCUT2D eigenvalue weighted by molar-refractivity contribution is 9.10. The number of rotatable bonds is 9. The Morgan fingerprint density at radius 3 is 2.53 bits per heavy atom. The predicted molar refractivity (Wildman–Crippen MR) is 122 cm³/mol. The third-order valence-electron chi connectivity index (χ3n) is 4.29. The number of benzene rings is 3. The molecule has 3 rings (SSSR count). The van der Waals surface area contributed by atoms with Crippen molar-refractivity contribution in [3.8, 4) is 11.5 Å². The van der Waals surface area contributed by atoms with E-state index in [0.29, 0.717) is 42.0 Å². The zero-order valence-electron chi connectivity index (χ0n) is 16.3. The van der Waals surface area contributed by atoms with Gasteiger partial charge in [0, 0.05) is 6.54 Å². The molecule has 0 saturated carbocycles. The smallest absolute Gasteiger partial charge is 0.335 e. The number of nitrogens with one attached hydrogen (secondary N) is 1. The largest absolute Gasteiger partial charge is 0.490 e. The van der Waals surface area contributed by atoms with Crippen LogP contribution in [0.2, 0.25) is 5.02 Å². The van der Waals surface area contributed by atoms with E-state index in [1.807, 2.05) is 49.4 Å². The first-order valence-corrected chi connectivity index (χ1v) is 10.5. The van der Waals surface area contributed by atoms with E-state index < -0.39 is 5.97 Å². The van der Waals surface area contributed by atoms with E-state index in [4.69, 9.17) is 21.1 Å². The Hall–Kier alpha value is -2.70. The molecule has 0 amide bonds. The molecular formula is C23H21BrClNO4. The van der Waals surface area contributed by atoms with E-state index in [1.165, 1.54) is 12.1 Å². The van der Waals surface area contributed by atoms with Crippen LogP contribution in [0.4, 0.5) is 5.69 Å². The first kappa shape index (κ1) is 22.0. The van der Waals surface area contributed by atoms with Gasteiger partial charge >= 0.3 is 5.97 Å². The summed E-state index contributed by atoms with van der Waals surface area (Å²) in [5, 5.41) is 12.8. The molecule has 2 N–H and O–H groups in total. The van der Waals surface area contributed by atoms with Crippen molar-refractivity contribution in [3.05, 3.63) is 86.8 Å². The van der Waals surface area contributed by atoms with Crippen LogP contribution in [-0.4, -0.2) is 17.7 Å². The highest BCUT2D eigenvalue weighted by Gasteiger charge is 2.14. The molecule has 0 atom stereocenters. The van der Waals surface area contributed by atoms with Gasteiger partial charge in [-0.2, -0.15) is 0 Å². The van der Waals surface area contributed by atoms with Crippen LogP contribution in [0.25, 0.3) is 0 Å². The van der Waals surface area contributed by atoms with Crippen molar-refractivity contribution in [1.82, 2.24) is 0 Å². The summed E-state index contributed by atoms with van der Waals surface area (Å²) in [5.41, 5.74) is 2.71. The third kappa shape index (κ3) is 5.68. The van der Waals surface area contributed by atoms with E-state index in [-0.39, 0.29) is 5.56 Å². The summed E-state index contributed by atoms with van der Waals surface area (Å²) in [6.07, 6.45) is 0. The van der Waals surface area contributed by atoms with Crippen LogP contribution in [0.5, 0.6) is 11.5 Å². The summed E-state index contributed by atoms with van der Waals surface area (Å²) in [7, 11) is 0. The van der Waals surface area contributed by atoms with Crippen molar-refractivity contribution in [1.29, 1.82) is 0 Å². The van der Waals surface area contributed by atoms with Crippen LogP contribution >= 0.6 is 27.5 Å². The Balaban J connectivity index is 1.78. The van der Waals surface area contributed by atoms with Gasteiger partial charge in [-0.05, 0) is 64.3 Å². The van der Waals surface area contributed by atoms with E-state index in [2.05, 4.69) is 21.2 Å². The lowest BCUT2D eigenvalue weighted by molar-refractivity contribution is 0.0697. The first-order valence-electron chi connectivity index (χ1n) is 9.36. The molecule has 0 radical (unpaired) electrons. The van der Waals surface area contributed by atoms with Crippen molar-refractivity contribution in [2.75, 3.05) is 11.9 Å². The van der Waals surface area contributed by atoms with E-state index in [9.17, 15) is 9.90 Å². The minimum Gasteiger partial charge on any atom is -0.490 e. The molecule has 156 valence electrons. The Morgan fingerprint density at radius 2 is 1.83 bits per heavy atom. The number of anilines is 1. The highest BCUT2D eigenvalue weighted by Crippen LogP contribution is 2.38. The van der Waals surface area contributed by atoms with Gasteiger partial charge in [0.2, 0.25) is 0 Å². The topological polar surface area (TPSA) is 67.8 Å². The van der Waals surface area contributed by atoms with Crippen LogP contribution in [0, 0.1) is 0 Å². The van der Waals surface area contributed by atoms with Crippen LogP contribution < -0.4 is 14.8 Å². The second-order valence-corrected chi connectivity index (χ2v) is 7.73.